The van der Waals surface area contributed by atoms with Crippen LogP contribution in [0.4, 0.5) is 0 Å². The van der Waals surface area contributed by atoms with Crippen LogP contribution >= 0.6 is 0 Å². The van der Waals surface area contributed by atoms with Gasteiger partial charge in [0.25, 0.3) is 10.2 Å². The second-order valence-corrected chi connectivity index (χ2v) is 6.52. The van der Waals surface area contributed by atoms with E-state index in [-0.39, 0.29) is 6.54 Å². The SMILES string of the molecule is CN1CC(C(=O)O)N(C(C)(C)C)S1(=O)=O. The predicted octanol–water partition coefficient (Wildman–Crippen LogP) is -0.270. The number of likely N-dealkylation sites (N-methyl/N-ethyl adjacent to an activating group) is 1. The molecule has 0 aromatic heterocycles. The molecule has 1 atom stereocenters. The van der Waals surface area contributed by atoms with Crippen molar-refractivity contribution in [2.24, 2.45) is 0 Å². The molecule has 1 aliphatic rings. The van der Waals surface area contributed by atoms with Crippen molar-refractivity contribution in [3.05, 3.63) is 0 Å². The van der Waals surface area contributed by atoms with Gasteiger partial charge in [-0.25, -0.2) is 0 Å². The zero-order chi connectivity index (χ0) is 12.0. The van der Waals surface area contributed by atoms with Gasteiger partial charge >= 0.3 is 5.97 Å². The molecule has 88 valence electrons. The van der Waals surface area contributed by atoms with Crippen LogP contribution < -0.4 is 0 Å². The Hall–Kier alpha value is -0.660. The van der Waals surface area contributed by atoms with Gasteiger partial charge in [0.15, 0.2) is 0 Å². The van der Waals surface area contributed by atoms with Crippen molar-refractivity contribution in [3.63, 3.8) is 0 Å². The summed E-state index contributed by atoms with van der Waals surface area (Å²) in [5.41, 5.74) is -0.730. The fraction of sp³-hybridized carbons (Fsp3) is 0.875. The Morgan fingerprint density at radius 2 is 1.87 bits per heavy atom. The fourth-order valence-electron chi connectivity index (χ4n) is 1.71. The van der Waals surface area contributed by atoms with Crippen molar-refractivity contribution in [2.75, 3.05) is 13.6 Å². The summed E-state index contributed by atoms with van der Waals surface area (Å²) in [6.07, 6.45) is 0. The molecule has 0 spiro atoms. The third kappa shape index (κ3) is 1.99. The summed E-state index contributed by atoms with van der Waals surface area (Å²) in [7, 11) is -2.25. The van der Waals surface area contributed by atoms with E-state index in [0.29, 0.717) is 0 Å². The number of carbonyl (C=O) groups is 1. The Morgan fingerprint density at radius 3 is 2.13 bits per heavy atom. The molecule has 1 fully saturated rings. The third-order valence-corrected chi connectivity index (χ3v) is 4.54. The average molecular weight is 236 g/mol. The largest absolute Gasteiger partial charge is 0.480 e. The van der Waals surface area contributed by atoms with E-state index >= 15 is 0 Å². The van der Waals surface area contributed by atoms with Gasteiger partial charge in [-0.1, -0.05) is 0 Å². The van der Waals surface area contributed by atoms with Crippen molar-refractivity contribution in [1.82, 2.24) is 8.61 Å². The molecule has 6 nitrogen and oxygen atoms in total. The monoisotopic (exact) mass is 236 g/mol. The van der Waals surface area contributed by atoms with E-state index < -0.39 is 27.8 Å². The lowest BCUT2D eigenvalue weighted by molar-refractivity contribution is -0.142. The first-order valence-electron chi connectivity index (χ1n) is 4.57. The number of hydrogen-bond acceptors (Lipinski definition) is 3. The topological polar surface area (TPSA) is 77.9 Å². The van der Waals surface area contributed by atoms with Gasteiger partial charge in [-0.05, 0) is 20.8 Å². The van der Waals surface area contributed by atoms with Crippen molar-refractivity contribution in [3.8, 4) is 0 Å². The number of aliphatic carboxylic acids is 1. The minimum absolute atomic E-state index is 0.00502. The zero-order valence-electron chi connectivity index (χ0n) is 9.26. The Balaban J connectivity index is 3.22. The first-order valence-corrected chi connectivity index (χ1v) is 5.97. The number of carboxylic acids is 1. The van der Waals surface area contributed by atoms with Crippen molar-refractivity contribution in [1.29, 1.82) is 0 Å². The molecule has 0 saturated carbocycles. The zero-order valence-corrected chi connectivity index (χ0v) is 10.1. The van der Waals surface area contributed by atoms with E-state index in [1.807, 2.05) is 0 Å². The quantitative estimate of drug-likeness (QED) is 0.680. The van der Waals surface area contributed by atoms with E-state index in [1.165, 1.54) is 7.05 Å². The molecule has 0 aromatic carbocycles. The third-order valence-electron chi connectivity index (χ3n) is 2.30. The molecule has 0 aliphatic carbocycles. The standard InChI is InChI=1S/C8H16N2O4S/c1-8(2,3)10-6(7(11)12)5-9(4)15(10,13)14/h6H,5H2,1-4H3,(H,11,12). The molecule has 1 unspecified atom stereocenters. The van der Waals surface area contributed by atoms with E-state index in [2.05, 4.69) is 0 Å². The number of nitrogens with zero attached hydrogens (tertiary/aromatic N) is 2. The maximum Gasteiger partial charge on any atom is 0.323 e. The van der Waals surface area contributed by atoms with Crippen LogP contribution in [-0.4, -0.2) is 53.3 Å². The highest BCUT2D eigenvalue weighted by Gasteiger charge is 2.50. The smallest absolute Gasteiger partial charge is 0.323 e. The number of rotatable bonds is 1. The molecule has 0 aromatic rings. The van der Waals surface area contributed by atoms with Gasteiger partial charge in [0.2, 0.25) is 0 Å². The molecule has 1 rings (SSSR count). The molecule has 0 amide bonds. The molecule has 1 saturated heterocycles. The minimum atomic E-state index is -3.63. The van der Waals surface area contributed by atoms with Crippen molar-refractivity contribution < 1.29 is 18.3 Å². The Bertz CT molecular complexity index is 371. The normalized spacial score (nSPS) is 28.1. The second kappa shape index (κ2) is 3.43. The lowest BCUT2D eigenvalue weighted by Crippen LogP contribution is -2.50. The first-order chi connectivity index (χ1) is 6.58. The van der Waals surface area contributed by atoms with Crippen LogP contribution in [0.1, 0.15) is 20.8 Å². The van der Waals surface area contributed by atoms with Crippen molar-refractivity contribution in [2.45, 2.75) is 32.4 Å². The molecule has 1 N–H and O–H groups in total. The van der Waals surface area contributed by atoms with Crippen LogP contribution in [-0.2, 0) is 15.0 Å². The number of carboxylic acid groups (broad SMARTS) is 1. The number of hydrogen-bond donors (Lipinski definition) is 1. The van der Waals surface area contributed by atoms with E-state index in [0.717, 1.165) is 8.61 Å². The molecule has 0 radical (unpaired) electrons. The fourth-order valence-corrected chi connectivity index (χ4v) is 3.52. The van der Waals surface area contributed by atoms with Crippen LogP contribution in [0.3, 0.4) is 0 Å². The summed E-state index contributed by atoms with van der Waals surface area (Å²) in [5, 5.41) is 8.96. The maximum atomic E-state index is 11.8. The molecule has 1 aliphatic heterocycles. The van der Waals surface area contributed by atoms with Crippen LogP contribution in [0.25, 0.3) is 0 Å². The lowest BCUT2D eigenvalue weighted by Gasteiger charge is -2.32. The Kier molecular flexibility index (Phi) is 2.84. The van der Waals surface area contributed by atoms with E-state index in [4.69, 9.17) is 5.11 Å². The second-order valence-electron chi connectivity index (χ2n) is 4.61. The first kappa shape index (κ1) is 12.4. The average Bonchev–Trinajstić information content (AvgIpc) is 2.21. The molecular formula is C8H16N2O4S. The van der Waals surface area contributed by atoms with E-state index in [9.17, 15) is 13.2 Å². The maximum absolute atomic E-state index is 11.8. The summed E-state index contributed by atoms with van der Waals surface area (Å²) < 4.78 is 25.8. The van der Waals surface area contributed by atoms with Crippen LogP contribution in [0.2, 0.25) is 0 Å². The summed E-state index contributed by atoms with van der Waals surface area (Å²) in [4.78, 5) is 11.0. The van der Waals surface area contributed by atoms with Gasteiger partial charge in [-0.2, -0.15) is 17.0 Å². The summed E-state index contributed by atoms with van der Waals surface area (Å²) in [6, 6.07) is -1.00. The molecule has 0 bridgehead atoms. The highest BCUT2D eigenvalue weighted by atomic mass is 32.2. The highest BCUT2D eigenvalue weighted by Crippen LogP contribution is 2.29. The van der Waals surface area contributed by atoms with Gasteiger partial charge in [-0.15, -0.1) is 0 Å². The highest BCUT2D eigenvalue weighted by molar-refractivity contribution is 7.87. The molecule has 1 heterocycles. The van der Waals surface area contributed by atoms with Gasteiger partial charge in [0.1, 0.15) is 6.04 Å². The van der Waals surface area contributed by atoms with Gasteiger partial charge < -0.3 is 5.11 Å². The van der Waals surface area contributed by atoms with Crippen LogP contribution in [0.15, 0.2) is 0 Å². The summed E-state index contributed by atoms with van der Waals surface area (Å²) in [5.74, 6) is -1.11. The molecule has 7 heteroatoms. The Morgan fingerprint density at radius 1 is 1.40 bits per heavy atom. The Labute approximate surface area is 89.7 Å². The van der Waals surface area contributed by atoms with Crippen LogP contribution in [0, 0.1) is 0 Å². The molecular weight excluding hydrogens is 220 g/mol. The minimum Gasteiger partial charge on any atom is -0.480 e. The van der Waals surface area contributed by atoms with E-state index in [1.54, 1.807) is 20.8 Å². The summed E-state index contributed by atoms with van der Waals surface area (Å²) in [6.45, 7) is 5.04. The van der Waals surface area contributed by atoms with Gasteiger partial charge in [-0.3, -0.25) is 4.79 Å². The predicted molar refractivity (Wildman–Crippen MR) is 54.6 cm³/mol. The van der Waals surface area contributed by atoms with Crippen LogP contribution in [0.5, 0.6) is 0 Å². The van der Waals surface area contributed by atoms with Crippen molar-refractivity contribution >= 4 is 16.2 Å². The lowest BCUT2D eigenvalue weighted by atomic mass is 10.1. The molecule has 15 heavy (non-hydrogen) atoms. The summed E-state index contributed by atoms with van der Waals surface area (Å²) >= 11 is 0. The van der Waals surface area contributed by atoms with Gasteiger partial charge in [0.05, 0.1) is 0 Å². The van der Waals surface area contributed by atoms with Gasteiger partial charge in [0, 0.05) is 19.1 Å².